The van der Waals surface area contributed by atoms with Crippen LogP contribution in [0.5, 0.6) is 0 Å². The summed E-state index contributed by atoms with van der Waals surface area (Å²) in [7, 11) is -4.45. The molecule has 1 aromatic rings. The summed E-state index contributed by atoms with van der Waals surface area (Å²) in [5.74, 6) is 0.0523. The van der Waals surface area contributed by atoms with Gasteiger partial charge in [0.2, 0.25) is 0 Å². The van der Waals surface area contributed by atoms with Crippen LogP contribution in [0.15, 0.2) is 11.0 Å². The van der Waals surface area contributed by atoms with Crippen molar-refractivity contribution in [3.8, 4) is 0 Å². The second-order valence-electron chi connectivity index (χ2n) is 8.63. The molecule has 12 heteroatoms. The van der Waals surface area contributed by atoms with Gasteiger partial charge in [-0.05, 0) is 33.6 Å². The lowest BCUT2D eigenvalue weighted by molar-refractivity contribution is -0.0726. The fraction of sp³-hybridized carbons (Fsp3) is 0.789. The van der Waals surface area contributed by atoms with Crippen LogP contribution >= 0.6 is 7.60 Å². The van der Waals surface area contributed by atoms with Crippen LogP contribution in [0.3, 0.4) is 0 Å². The van der Waals surface area contributed by atoms with Gasteiger partial charge in [0, 0.05) is 18.2 Å². The van der Waals surface area contributed by atoms with Crippen LogP contribution in [0.4, 0.5) is 5.82 Å². The molecule has 0 bridgehead atoms. The third-order valence-corrected chi connectivity index (χ3v) is 8.04. The SMILES string of the molecule is CCCC(C)(C[C@H]1O[C@@H](n2cc(C)c(N)nc2=O)[C@H](O)[C@@H]1O)OP(=O)(O)C(C)(O)CC. The molecule has 0 aromatic carbocycles. The van der Waals surface area contributed by atoms with Gasteiger partial charge in [0.05, 0.1) is 11.7 Å². The van der Waals surface area contributed by atoms with Crippen molar-refractivity contribution in [2.75, 3.05) is 5.73 Å². The Labute approximate surface area is 181 Å². The van der Waals surface area contributed by atoms with E-state index in [1.807, 2.05) is 6.92 Å². The van der Waals surface area contributed by atoms with E-state index in [1.54, 1.807) is 20.8 Å². The van der Waals surface area contributed by atoms with E-state index in [9.17, 15) is 29.6 Å². The first-order valence-electron chi connectivity index (χ1n) is 10.3. The molecule has 0 aliphatic carbocycles. The Hall–Kier alpha value is -1.33. The minimum absolute atomic E-state index is 0.00126. The zero-order valence-corrected chi connectivity index (χ0v) is 19.5. The number of aliphatic hydroxyl groups excluding tert-OH is 2. The molecule has 31 heavy (non-hydrogen) atoms. The van der Waals surface area contributed by atoms with Crippen molar-refractivity contribution >= 4 is 13.4 Å². The van der Waals surface area contributed by atoms with Crippen LogP contribution in [-0.2, 0) is 13.8 Å². The molecule has 2 rings (SSSR count). The van der Waals surface area contributed by atoms with Gasteiger partial charge in [-0.3, -0.25) is 9.13 Å². The average Bonchev–Trinajstić information content (AvgIpc) is 2.92. The van der Waals surface area contributed by atoms with Crippen LogP contribution in [0.1, 0.15) is 65.2 Å². The normalized spacial score (nSPS) is 29.8. The first kappa shape index (κ1) is 25.9. The third-order valence-electron chi connectivity index (χ3n) is 5.82. The molecule has 178 valence electrons. The maximum absolute atomic E-state index is 12.7. The quantitative estimate of drug-likeness (QED) is 0.332. The molecule has 1 fully saturated rings. The number of aryl methyl sites for hydroxylation is 1. The molecule has 1 aliphatic rings. The molecule has 2 heterocycles. The molecular weight excluding hydrogens is 429 g/mol. The number of nitrogens with two attached hydrogens (primary N) is 1. The summed E-state index contributed by atoms with van der Waals surface area (Å²) in [6.07, 6.45) is -2.83. The van der Waals surface area contributed by atoms with E-state index in [1.165, 1.54) is 13.1 Å². The predicted octanol–water partition coefficient (Wildman–Crippen LogP) is 1.02. The molecule has 3 unspecified atom stereocenters. The number of nitrogens with zero attached hydrogens (tertiary/aromatic N) is 2. The maximum Gasteiger partial charge on any atom is 0.359 e. The summed E-state index contributed by atoms with van der Waals surface area (Å²) < 4.78 is 25.1. The molecule has 0 radical (unpaired) electrons. The highest BCUT2D eigenvalue weighted by Crippen LogP contribution is 2.59. The van der Waals surface area contributed by atoms with Crippen LogP contribution < -0.4 is 11.4 Å². The van der Waals surface area contributed by atoms with Gasteiger partial charge >= 0.3 is 13.3 Å². The van der Waals surface area contributed by atoms with Gasteiger partial charge in [-0.2, -0.15) is 4.98 Å². The number of aromatic nitrogens is 2. The van der Waals surface area contributed by atoms with E-state index in [0.29, 0.717) is 18.4 Å². The molecular formula is C19H34N3O8P. The Balaban J connectivity index is 2.30. The fourth-order valence-electron chi connectivity index (χ4n) is 3.63. The molecule has 7 atom stereocenters. The lowest BCUT2D eigenvalue weighted by Gasteiger charge is -2.38. The predicted molar refractivity (Wildman–Crippen MR) is 113 cm³/mol. The van der Waals surface area contributed by atoms with Gasteiger partial charge in [-0.1, -0.05) is 20.3 Å². The minimum Gasteiger partial charge on any atom is -0.388 e. The first-order valence-corrected chi connectivity index (χ1v) is 11.9. The van der Waals surface area contributed by atoms with E-state index in [4.69, 9.17) is 15.0 Å². The standard InChI is InChI=1S/C19H34N3O8P/c1-6-8-18(4,30-31(27,28)19(5,26)7-2)9-12-13(23)14(24)16(29-12)22-10-11(3)15(20)21-17(22)25/h10,12-14,16,23-24,26H,6-9H2,1-5H3,(H,27,28)(H2,20,21,25)/t12-,13-,14-,16-,18?,19?/m1/s1. The smallest absolute Gasteiger partial charge is 0.359 e. The Morgan fingerprint density at radius 3 is 2.48 bits per heavy atom. The minimum atomic E-state index is -4.45. The summed E-state index contributed by atoms with van der Waals surface area (Å²) >= 11 is 0. The van der Waals surface area contributed by atoms with E-state index < -0.39 is 48.8 Å². The van der Waals surface area contributed by atoms with Crippen LogP contribution in [0.25, 0.3) is 0 Å². The Kier molecular flexibility index (Phi) is 7.75. The van der Waals surface area contributed by atoms with Gasteiger partial charge in [-0.25, -0.2) is 4.79 Å². The summed E-state index contributed by atoms with van der Waals surface area (Å²) in [5, 5.41) is 29.4. The largest absolute Gasteiger partial charge is 0.388 e. The van der Waals surface area contributed by atoms with Crippen molar-refractivity contribution in [2.45, 2.75) is 95.8 Å². The molecule has 6 N–H and O–H groups in total. The molecule has 0 saturated carbocycles. The second kappa shape index (κ2) is 9.27. The van der Waals surface area contributed by atoms with Crippen LogP contribution in [0, 0.1) is 6.92 Å². The van der Waals surface area contributed by atoms with Crippen molar-refractivity contribution < 1.29 is 34.0 Å². The van der Waals surface area contributed by atoms with E-state index >= 15 is 0 Å². The molecule has 1 saturated heterocycles. The zero-order valence-electron chi connectivity index (χ0n) is 18.6. The van der Waals surface area contributed by atoms with E-state index in [-0.39, 0.29) is 18.7 Å². The van der Waals surface area contributed by atoms with Gasteiger partial charge in [0.15, 0.2) is 11.6 Å². The number of ether oxygens (including phenoxy) is 1. The maximum atomic E-state index is 12.7. The van der Waals surface area contributed by atoms with Gasteiger partial charge in [0.25, 0.3) is 0 Å². The van der Waals surface area contributed by atoms with Crippen LogP contribution in [-0.4, -0.2) is 59.0 Å². The van der Waals surface area contributed by atoms with Crippen molar-refractivity contribution in [1.82, 2.24) is 9.55 Å². The molecule has 0 amide bonds. The highest BCUT2D eigenvalue weighted by atomic mass is 31.2. The van der Waals surface area contributed by atoms with Crippen molar-refractivity contribution in [2.24, 2.45) is 0 Å². The lowest BCUT2D eigenvalue weighted by atomic mass is 9.91. The van der Waals surface area contributed by atoms with E-state index in [0.717, 1.165) is 4.57 Å². The van der Waals surface area contributed by atoms with Gasteiger partial charge in [-0.15, -0.1) is 0 Å². The summed E-state index contributed by atoms with van der Waals surface area (Å²) in [5.41, 5.74) is 4.14. The Bertz CT molecular complexity index is 891. The number of hydrogen-bond donors (Lipinski definition) is 5. The van der Waals surface area contributed by atoms with Crippen molar-refractivity contribution in [3.63, 3.8) is 0 Å². The Morgan fingerprint density at radius 1 is 1.32 bits per heavy atom. The summed E-state index contributed by atoms with van der Waals surface area (Å²) in [6, 6.07) is 0. The monoisotopic (exact) mass is 463 g/mol. The Morgan fingerprint density at radius 2 is 1.94 bits per heavy atom. The molecule has 1 aliphatic heterocycles. The van der Waals surface area contributed by atoms with Crippen molar-refractivity contribution in [3.05, 3.63) is 22.2 Å². The highest BCUT2D eigenvalue weighted by molar-refractivity contribution is 7.54. The van der Waals surface area contributed by atoms with E-state index in [2.05, 4.69) is 4.98 Å². The number of rotatable bonds is 9. The van der Waals surface area contributed by atoms with Gasteiger partial charge < -0.3 is 35.2 Å². The van der Waals surface area contributed by atoms with Crippen molar-refractivity contribution in [1.29, 1.82) is 0 Å². The number of hydrogen-bond acceptors (Lipinski definition) is 9. The highest BCUT2D eigenvalue weighted by Gasteiger charge is 2.51. The summed E-state index contributed by atoms with van der Waals surface area (Å²) in [6.45, 7) is 7.87. The number of nitrogen functional groups attached to an aromatic ring is 1. The third kappa shape index (κ3) is 5.36. The molecule has 0 spiro atoms. The molecule has 11 nitrogen and oxygen atoms in total. The summed E-state index contributed by atoms with van der Waals surface area (Å²) in [4.78, 5) is 26.3. The fourth-order valence-corrected chi connectivity index (χ4v) is 4.98. The lowest BCUT2D eigenvalue weighted by Crippen LogP contribution is -2.40. The topological polar surface area (TPSA) is 177 Å². The van der Waals surface area contributed by atoms with Crippen LogP contribution in [0.2, 0.25) is 0 Å². The second-order valence-corrected chi connectivity index (χ2v) is 10.8. The zero-order chi connectivity index (χ0) is 23.8. The molecule has 1 aromatic heterocycles. The average molecular weight is 463 g/mol. The van der Waals surface area contributed by atoms with Gasteiger partial charge in [0.1, 0.15) is 18.0 Å². The number of aliphatic hydroxyl groups is 3. The number of anilines is 1. The first-order chi connectivity index (χ1) is 14.2.